The number of rotatable bonds is 4. The van der Waals surface area contributed by atoms with E-state index in [1.807, 2.05) is 24.3 Å². The fourth-order valence-electron chi connectivity index (χ4n) is 2.31. The highest BCUT2D eigenvalue weighted by Crippen LogP contribution is 2.28. The Bertz CT molecular complexity index is 898. The molecule has 0 aliphatic carbocycles. The van der Waals surface area contributed by atoms with E-state index in [0.29, 0.717) is 22.1 Å². The van der Waals surface area contributed by atoms with Gasteiger partial charge in [-0.3, -0.25) is 4.40 Å². The third kappa shape index (κ3) is 3.05. The van der Waals surface area contributed by atoms with Gasteiger partial charge < -0.3 is 9.84 Å². The van der Waals surface area contributed by atoms with Gasteiger partial charge in [0.2, 0.25) is 0 Å². The van der Waals surface area contributed by atoms with E-state index < -0.39 is 5.97 Å². The minimum atomic E-state index is -1.03. The fraction of sp³-hybridized carbons (Fsp3) is 0.0588. The molecular formula is C17H13ClN2O3. The first-order valence-corrected chi connectivity index (χ1v) is 7.19. The number of ether oxygens (including phenoxy) is 1. The number of hydrogen-bond donors (Lipinski definition) is 1. The molecule has 0 saturated heterocycles. The van der Waals surface area contributed by atoms with Gasteiger partial charge >= 0.3 is 5.97 Å². The van der Waals surface area contributed by atoms with Crippen molar-refractivity contribution < 1.29 is 14.6 Å². The van der Waals surface area contributed by atoms with Gasteiger partial charge in [-0.05, 0) is 42.5 Å². The van der Waals surface area contributed by atoms with Crippen LogP contribution >= 0.6 is 11.6 Å². The Balaban J connectivity index is 2.21. The zero-order valence-corrected chi connectivity index (χ0v) is 13.0. The lowest BCUT2D eigenvalue weighted by atomic mass is 10.1. The number of benzene rings is 1. The molecule has 23 heavy (non-hydrogen) atoms. The first-order valence-electron chi connectivity index (χ1n) is 6.81. The Hall–Kier alpha value is -2.79. The van der Waals surface area contributed by atoms with Crippen molar-refractivity contribution in [2.75, 3.05) is 7.11 Å². The summed E-state index contributed by atoms with van der Waals surface area (Å²) in [6, 6.07) is 10.9. The van der Waals surface area contributed by atoms with Crippen LogP contribution in [-0.2, 0) is 4.79 Å². The predicted molar refractivity (Wildman–Crippen MR) is 88.9 cm³/mol. The highest BCUT2D eigenvalue weighted by Gasteiger charge is 2.13. The zero-order valence-electron chi connectivity index (χ0n) is 12.2. The monoisotopic (exact) mass is 328 g/mol. The minimum absolute atomic E-state index is 0.543. The first kappa shape index (κ1) is 15.1. The van der Waals surface area contributed by atoms with Crippen LogP contribution in [0.1, 0.15) is 5.69 Å². The van der Waals surface area contributed by atoms with Crippen molar-refractivity contribution in [3.05, 3.63) is 59.4 Å². The second-order valence-electron chi connectivity index (χ2n) is 4.82. The summed E-state index contributed by atoms with van der Waals surface area (Å²) in [5, 5.41) is 9.45. The van der Waals surface area contributed by atoms with Gasteiger partial charge in [0.1, 0.15) is 11.4 Å². The Morgan fingerprint density at radius 2 is 2.00 bits per heavy atom. The smallest absolute Gasteiger partial charge is 0.328 e. The average molecular weight is 329 g/mol. The summed E-state index contributed by atoms with van der Waals surface area (Å²) in [7, 11) is 1.60. The highest BCUT2D eigenvalue weighted by atomic mass is 35.5. The molecule has 0 aliphatic heterocycles. The topological polar surface area (TPSA) is 63.8 Å². The number of carbonyl (C=O) groups is 1. The number of hydrogen-bond acceptors (Lipinski definition) is 3. The van der Waals surface area contributed by atoms with Gasteiger partial charge in [-0.15, -0.1) is 0 Å². The lowest BCUT2D eigenvalue weighted by Crippen LogP contribution is -1.91. The van der Waals surface area contributed by atoms with Crippen molar-refractivity contribution in [1.82, 2.24) is 9.38 Å². The molecule has 0 fully saturated rings. The van der Waals surface area contributed by atoms with Crippen molar-refractivity contribution in [2.45, 2.75) is 0 Å². The van der Waals surface area contributed by atoms with Crippen molar-refractivity contribution in [3.8, 4) is 17.0 Å². The van der Waals surface area contributed by atoms with E-state index in [0.717, 1.165) is 17.4 Å². The van der Waals surface area contributed by atoms with Crippen LogP contribution in [0.15, 0.2) is 48.7 Å². The fourth-order valence-corrected chi connectivity index (χ4v) is 2.47. The third-order valence-electron chi connectivity index (χ3n) is 3.37. The summed E-state index contributed by atoms with van der Waals surface area (Å²) in [5.74, 6) is -0.286. The van der Waals surface area contributed by atoms with Crippen molar-refractivity contribution in [1.29, 1.82) is 0 Å². The number of aromatic nitrogens is 2. The summed E-state index contributed by atoms with van der Waals surface area (Å²) in [5.41, 5.74) is 2.86. The van der Waals surface area contributed by atoms with E-state index in [-0.39, 0.29) is 0 Å². The quantitative estimate of drug-likeness (QED) is 0.741. The number of carboxylic acid groups (broad SMARTS) is 1. The third-order valence-corrected chi connectivity index (χ3v) is 3.59. The molecule has 5 nitrogen and oxygen atoms in total. The predicted octanol–water partition coefficient (Wildman–Crippen LogP) is 3.76. The SMILES string of the molecule is COc1ccc(-c2nc3ccc(Cl)cn3c2/C=C/C(=O)O)cc1. The molecule has 6 heteroatoms. The van der Waals surface area contributed by atoms with Crippen LogP contribution in [0.2, 0.25) is 5.02 Å². The molecule has 1 aromatic carbocycles. The number of halogens is 1. The number of fused-ring (bicyclic) bond motifs is 1. The molecule has 0 spiro atoms. The van der Waals surface area contributed by atoms with Crippen LogP contribution in [0.25, 0.3) is 23.0 Å². The maximum Gasteiger partial charge on any atom is 0.328 e. The molecule has 1 N–H and O–H groups in total. The molecule has 3 aromatic rings. The molecule has 116 valence electrons. The Morgan fingerprint density at radius 1 is 1.26 bits per heavy atom. The van der Waals surface area contributed by atoms with Crippen LogP contribution in [0.4, 0.5) is 0 Å². The molecular weight excluding hydrogens is 316 g/mol. The maximum absolute atomic E-state index is 10.9. The van der Waals surface area contributed by atoms with E-state index in [4.69, 9.17) is 21.4 Å². The standard InChI is InChI=1S/C17H13ClN2O3/c1-23-13-5-2-11(3-6-13)17-14(7-9-16(21)22)20-10-12(18)4-8-15(20)19-17/h2-10H,1H3,(H,21,22)/b9-7+. The lowest BCUT2D eigenvalue weighted by molar-refractivity contribution is -0.131. The second-order valence-corrected chi connectivity index (χ2v) is 5.26. The second kappa shape index (κ2) is 6.14. The molecule has 0 aliphatic rings. The number of pyridine rings is 1. The molecule has 0 amide bonds. The molecule has 0 unspecified atom stereocenters. The molecule has 2 aromatic heterocycles. The highest BCUT2D eigenvalue weighted by molar-refractivity contribution is 6.30. The summed E-state index contributed by atoms with van der Waals surface area (Å²) < 4.78 is 6.92. The van der Waals surface area contributed by atoms with Crippen LogP contribution in [0.3, 0.4) is 0 Å². The van der Waals surface area contributed by atoms with E-state index in [1.165, 1.54) is 6.08 Å². The van der Waals surface area contributed by atoms with Crippen molar-refractivity contribution in [2.24, 2.45) is 0 Å². The molecule has 0 atom stereocenters. The van der Waals surface area contributed by atoms with E-state index in [2.05, 4.69) is 4.98 Å². The van der Waals surface area contributed by atoms with Gasteiger partial charge in [-0.2, -0.15) is 0 Å². The number of imidazole rings is 1. The van der Waals surface area contributed by atoms with E-state index >= 15 is 0 Å². The van der Waals surface area contributed by atoms with E-state index in [9.17, 15) is 4.79 Å². The summed E-state index contributed by atoms with van der Waals surface area (Å²) >= 11 is 6.04. The van der Waals surface area contributed by atoms with Crippen molar-refractivity contribution >= 4 is 29.3 Å². The van der Waals surface area contributed by atoms with Gasteiger partial charge in [0.15, 0.2) is 0 Å². The molecule has 0 bridgehead atoms. The minimum Gasteiger partial charge on any atom is -0.497 e. The maximum atomic E-state index is 10.9. The number of carboxylic acids is 1. The molecule has 3 rings (SSSR count). The van der Waals surface area contributed by atoms with Gasteiger partial charge in [-0.25, -0.2) is 9.78 Å². The van der Waals surface area contributed by atoms with Crippen LogP contribution in [0, 0.1) is 0 Å². The number of methoxy groups -OCH3 is 1. The van der Waals surface area contributed by atoms with E-state index in [1.54, 1.807) is 29.8 Å². The van der Waals surface area contributed by atoms with Gasteiger partial charge in [0.05, 0.1) is 23.5 Å². The van der Waals surface area contributed by atoms with Crippen LogP contribution < -0.4 is 4.74 Å². The Kier molecular flexibility index (Phi) is 4.04. The first-order chi connectivity index (χ1) is 11.1. The van der Waals surface area contributed by atoms with Crippen LogP contribution in [0.5, 0.6) is 5.75 Å². The molecule has 2 heterocycles. The average Bonchev–Trinajstić information content (AvgIpc) is 2.90. The lowest BCUT2D eigenvalue weighted by Gasteiger charge is -2.03. The Labute approximate surface area is 137 Å². The zero-order chi connectivity index (χ0) is 16.4. The van der Waals surface area contributed by atoms with Crippen molar-refractivity contribution in [3.63, 3.8) is 0 Å². The normalized spacial score (nSPS) is 11.2. The summed E-state index contributed by atoms with van der Waals surface area (Å²) in [4.78, 5) is 15.4. The summed E-state index contributed by atoms with van der Waals surface area (Å²) in [6.45, 7) is 0. The largest absolute Gasteiger partial charge is 0.497 e. The Morgan fingerprint density at radius 3 is 2.65 bits per heavy atom. The van der Waals surface area contributed by atoms with Crippen LogP contribution in [-0.4, -0.2) is 27.6 Å². The van der Waals surface area contributed by atoms with Gasteiger partial charge in [0.25, 0.3) is 0 Å². The molecule has 0 radical (unpaired) electrons. The number of aliphatic carboxylic acids is 1. The van der Waals surface area contributed by atoms with Gasteiger partial charge in [0, 0.05) is 17.8 Å². The molecule has 0 saturated carbocycles. The summed E-state index contributed by atoms with van der Waals surface area (Å²) in [6.07, 6.45) is 4.30. The number of nitrogens with zero attached hydrogens (tertiary/aromatic N) is 2. The van der Waals surface area contributed by atoms with Gasteiger partial charge in [-0.1, -0.05) is 11.6 Å².